The number of piperidine rings is 1. The zero-order valence-electron chi connectivity index (χ0n) is 10.9. The number of rotatable bonds is 2. The number of halogens is 3. The molecule has 2 rings (SSSR count). The molecule has 0 aromatic rings. The minimum atomic E-state index is -4.13. The summed E-state index contributed by atoms with van der Waals surface area (Å²) in [5.74, 6) is -1.39. The fourth-order valence-electron chi connectivity index (χ4n) is 3.00. The third-order valence-electron chi connectivity index (χ3n) is 4.11. The number of amides is 1. The topological polar surface area (TPSA) is 41.1 Å². The molecule has 0 aromatic heterocycles. The first kappa shape index (κ1) is 14.6. The van der Waals surface area contributed by atoms with Crippen LogP contribution in [0.5, 0.6) is 0 Å². The van der Waals surface area contributed by atoms with Crippen molar-refractivity contribution >= 4 is 5.91 Å². The Morgan fingerprint density at radius 2 is 1.89 bits per heavy atom. The lowest BCUT2D eigenvalue weighted by Gasteiger charge is -2.32. The molecule has 1 aliphatic carbocycles. The van der Waals surface area contributed by atoms with Crippen molar-refractivity contribution < 1.29 is 18.0 Å². The molecule has 0 spiro atoms. The van der Waals surface area contributed by atoms with Gasteiger partial charge in [0, 0.05) is 6.04 Å². The summed E-state index contributed by atoms with van der Waals surface area (Å²) in [6, 6.07) is -0.545. The van der Waals surface area contributed by atoms with Crippen molar-refractivity contribution in [1.82, 2.24) is 10.6 Å². The Bertz CT molecular complexity index is 314. The molecule has 0 aromatic carbocycles. The maximum absolute atomic E-state index is 12.7. The highest BCUT2D eigenvalue weighted by Gasteiger charge is 2.42. The predicted molar refractivity (Wildman–Crippen MR) is 65.6 cm³/mol. The van der Waals surface area contributed by atoms with E-state index in [0.717, 1.165) is 25.8 Å². The van der Waals surface area contributed by atoms with E-state index in [2.05, 4.69) is 10.6 Å². The molecule has 2 fully saturated rings. The summed E-state index contributed by atoms with van der Waals surface area (Å²) in [4.78, 5) is 12.0. The van der Waals surface area contributed by atoms with E-state index < -0.39 is 12.1 Å². The number of carbonyl (C=O) groups is 1. The van der Waals surface area contributed by atoms with Crippen molar-refractivity contribution in [2.45, 2.75) is 63.2 Å². The molecule has 0 bridgehead atoms. The molecule has 2 aliphatic rings. The molecule has 2 unspecified atom stereocenters. The van der Waals surface area contributed by atoms with E-state index in [9.17, 15) is 18.0 Å². The number of alkyl halides is 3. The van der Waals surface area contributed by atoms with Gasteiger partial charge in [0.2, 0.25) is 5.91 Å². The SMILES string of the molecule is O=C(NC1CCCC(C(F)(F)F)C1)[C@H]1CCCCN1. The van der Waals surface area contributed by atoms with Gasteiger partial charge in [-0.2, -0.15) is 13.2 Å². The van der Waals surface area contributed by atoms with E-state index in [1.807, 2.05) is 0 Å². The first-order chi connectivity index (χ1) is 8.97. The lowest BCUT2D eigenvalue weighted by molar-refractivity contribution is -0.184. The van der Waals surface area contributed by atoms with Gasteiger partial charge in [-0.1, -0.05) is 12.8 Å². The number of hydrogen-bond acceptors (Lipinski definition) is 2. The summed E-state index contributed by atoms with van der Waals surface area (Å²) in [6.45, 7) is 0.813. The predicted octanol–water partition coefficient (Wildman–Crippen LogP) is 2.37. The van der Waals surface area contributed by atoms with Crippen molar-refractivity contribution in [3.63, 3.8) is 0 Å². The fourth-order valence-corrected chi connectivity index (χ4v) is 3.00. The molecule has 19 heavy (non-hydrogen) atoms. The summed E-state index contributed by atoms with van der Waals surface area (Å²) < 4.78 is 38.0. The van der Waals surface area contributed by atoms with Crippen LogP contribution in [0.2, 0.25) is 0 Å². The summed E-state index contributed by atoms with van der Waals surface area (Å²) in [5, 5.41) is 5.90. The summed E-state index contributed by atoms with van der Waals surface area (Å²) in [6.07, 6.45) is 0.121. The Morgan fingerprint density at radius 3 is 2.53 bits per heavy atom. The summed E-state index contributed by atoms with van der Waals surface area (Å²) in [5.41, 5.74) is 0. The molecule has 6 heteroatoms. The normalized spacial score (nSPS) is 32.9. The van der Waals surface area contributed by atoms with Gasteiger partial charge in [0.1, 0.15) is 0 Å². The van der Waals surface area contributed by atoms with E-state index in [0.29, 0.717) is 12.8 Å². The van der Waals surface area contributed by atoms with Crippen molar-refractivity contribution in [2.75, 3.05) is 6.54 Å². The third-order valence-corrected chi connectivity index (χ3v) is 4.11. The van der Waals surface area contributed by atoms with Crippen LogP contribution in [0.4, 0.5) is 13.2 Å². The van der Waals surface area contributed by atoms with E-state index in [-0.39, 0.29) is 30.8 Å². The molecule has 2 N–H and O–H groups in total. The van der Waals surface area contributed by atoms with Crippen molar-refractivity contribution in [1.29, 1.82) is 0 Å². The molecule has 0 radical (unpaired) electrons. The third kappa shape index (κ3) is 4.09. The fraction of sp³-hybridized carbons (Fsp3) is 0.923. The van der Waals surface area contributed by atoms with E-state index in [4.69, 9.17) is 0 Å². The molecular formula is C13H21F3N2O. The van der Waals surface area contributed by atoms with Crippen LogP contribution in [0.1, 0.15) is 44.9 Å². The first-order valence-corrected chi connectivity index (χ1v) is 7.07. The van der Waals surface area contributed by atoms with Crippen LogP contribution in [0.3, 0.4) is 0 Å². The van der Waals surface area contributed by atoms with Crippen LogP contribution in [0, 0.1) is 5.92 Å². The molecule has 1 aliphatic heterocycles. The van der Waals surface area contributed by atoms with E-state index in [1.54, 1.807) is 0 Å². The van der Waals surface area contributed by atoms with Gasteiger partial charge in [-0.15, -0.1) is 0 Å². The Kier molecular flexibility index (Phi) is 4.71. The van der Waals surface area contributed by atoms with Gasteiger partial charge in [0.25, 0.3) is 0 Å². The van der Waals surface area contributed by atoms with Crippen molar-refractivity contribution in [3.05, 3.63) is 0 Å². The average Bonchev–Trinajstić information content (AvgIpc) is 2.39. The zero-order chi connectivity index (χ0) is 13.9. The standard InChI is InChI=1S/C13H21F3N2O/c14-13(15,16)9-4-3-5-10(8-9)18-12(19)11-6-1-2-7-17-11/h9-11,17H,1-8H2,(H,18,19)/t9?,10?,11-/m1/s1. The highest BCUT2D eigenvalue weighted by molar-refractivity contribution is 5.82. The molecule has 3 atom stereocenters. The second kappa shape index (κ2) is 6.11. The van der Waals surface area contributed by atoms with E-state index >= 15 is 0 Å². The smallest absolute Gasteiger partial charge is 0.352 e. The van der Waals surface area contributed by atoms with Crippen LogP contribution in [-0.2, 0) is 4.79 Å². The largest absolute Gasteiger partial charge is 0.391 e. The lowest BCUT2D eigenvalue weighted by atomic mass is 9.85. The van der Waals surface area contributed by atoms with Crippen LogP contribution in [-0.4, -0.2) is 30.7 Å². The second-order valence-electron chi connectivity index (χ2n) is 5.61. The van der Waals surface area contributed by atoms with Crippen LogP contribution in [0.15, 0.2) is 0 Å². The minimum Gasteiger partial charge on any atom is -0.352 e. The number of nitrogens with one attached hydrogen (secondary N) is 2. The molecule has 3 nitrogen and oxygen atoms in total. The molecule has 110 valence electrons. The number of hydrogen-bond donors (Lipinski definition) is 2. The quantitative estimate of drug-likeness (QED) is 0.814. The van der Waals surface area contributed by atoms with Gasteiger partial charge < -0.3 is 10.6 Å². The van der Waals surface area contributed by atoms with Crippen molar-refractivity contribution in [2.24, 2.45) is 5.92 Å². The second-order valence-corrected chi connectivity index (χ2v) is 5.61. The molecular weight excluding hydrogens is 257 g/mol. The van der Waals surface area contributed by atoms with Crippen LogP contribution < -0.4 is 10.6 Å². The van der Waals surface area contributed by atoms with E-state index in [1.165, 1.54) is 0 Å². The maximum atomic E-state index is 12.7. The summed E-state index contributed by atoms with van der Waals surface area (Å²) >= 11 is 0. The highest BCUT2D eigenvalue weighted by atomic mass is 19.4. The van der Waals surface area contributed by atoms with Crippen LogP contribution in [0.25, 0.3) is 0 Å². The molecule has 1 heterocycles. The number of carbonyl (C=O) groups excluding carboxylic acids is 1. The van der Waals surface area contributed by atoms with Gasteiger partial charge in [-0.3, -0.25) is 4.79 Å². The monoisotopic (exact) mass is 278 g/mol. The van der Waals surface area contributed by atoms with Crippen molar-refractivity contribution in [3.8, 4) is 0 Å². The molecule has 1 amide bonds. The Hall–Kier alpha value is -0.780. The van der Waals surface area contributed by atoms with Gasteiger partial charge in [-0.25, -0.2) is 0 Å². The van der Waals surface area contributed by atoms with Gasteiger partial charge >= 0.3 is 6.18 Å². The molecule has 1 saturated carbocycles. The Morgan fingerprint density at radius 1 is 1.11 bits per heavy atom. The average molecular weight is 278 g/mol. The summed E-state index contributed by atoms with van der Waals surface area (Å²) in [7, 11) is 0. The first-order valence-electron chi connectivity index (χ1n) is 7.07. The Labute approximate surface area is 111 Å². The molecule has 1 saturated heterocycles. The highest BCUT2D eigenvalue weighted by Crippen LogP contribution is 2.37. The van der Waals surface area contributed by atoms with Gasteiger partial charge in [-0.05, 0) is 38.6 Å². The Balaban J connectivity index is 1.83. The van der Waals surface area contributed by atoms with Gasteiger partial charge in [0.15, 0.2) is 0 Å². The zero-order valence-corrected chi connectivity index (χ0v) is 10.9. The lowest BCUT2D eigenvalue weighted by Crippen LogP contribution is -2.51. The minimum absolute atomic E-state index is 0.0297. The van der Waals surface area contributed by atoms with Crippen LogP contribution >= 0.6 is 0 Å². The van der Waals surface area contributed by atoms with Gasteiger partial charge in [0.05, 0.1) is 12.0 Å². The maximum Gasteiger partial charge on any atom is 0.391 e.